The lowest BCUT2D eigenvalue weighted by atomic mass is 9.62. The van der Waals surface area contributed by atoms with Crippen LogP contribution in [-0.2, 0) is 25.7 Å². The lowest BCUT2D eigenvalue weighted by molar-refractivity contribution is -0.160. The van der Waals surface area contributed by atoms with Gasteiger partial charge in [0, 0.05) is 25.2 Å². The van der Waals surface area contributed by atoms with Crippen LogP contribution in [0.15, 0.2) is 86.0 Å². The molecular weight excluding hydrogens is 566 g/mol. The van der Waals surface area contributed by atoms with Crippen LogP contribution in [0.2, 0.25) is 0 Å². The van der Waals surface area contributed by atoms with Gasteiger partial charge in [0.1, 0.15) is 11.6 Å². The predicted molar refractivity (Wildman–Crippen MR) is 174 cm³/mol. The van der Waals surface area contributed by atoms with Gasteiger partial charge < -0.3 is 24.5 Å². The Morgan fingerprint density at radius 1 is 1.04 bits per heavy atom. The molecule has 2 aromatic carbocycles. The third-order valence-electron chi connectivity index (χ3n) is 10.2. The van der Waals surface area contributed by atoms with Crippen molar-refractivity contribution >= 4 is 17.7 Å². The number of ether oxygens (including phenoxy) is 1. The first kappa shape index (κ1) is 32.6. The molecule has 8 nitrogen and oxygen atoms in total. The van der Waals surface area contributed by atoms with E-state index in [-0.39, 0.29) is 36.8 Å². The molecule has 0 aromatic heterocycles. The second-order valence-electron chi connectivity index (χ2n) is 14.0. The summed E-state index contributed by atoms with van der Waals surface area (Å²) in [6, 6.07) is 17.2. The topological polar surface area (TPSA) is 90.4 Å². The van der Waals surface area contributed by atoms with Crippen LogP contribution in [0.1, 0.15) is 58.2 Å². The number of likely N-dealkylation sites (tertiary alicyclic amines) is 1. The summed E-state index contributed by atoms with van der Waals surface area (Å²) in [5.74, 6) is -2.64. The maximum Gasteiger partial charge on any atom is 0.249 e. The van der Waals surface area contributed by atoms with Crippen LogP contribution in [0.4, 0.5) is 0 Å². The number of hydrogen-bond acceptors (Lipinski definition) is 5. The number of carbonyl (C=O) groups is 3. The number of hydrogen-bond donors (Lipinski definition) is 1. The van der Waals surface area contributed by atoms with Crippen molar-refractivity contribution in [2.45, 2.75) is 76.4 Å². The van der Waals surface area contributed by atoms with E-state index in [1.807, 2.05) is 95.3 Å². The number of carbonyl (C=O) groups excluding carboxylic acids is 3. The molecule has 3 amide bonds. The number of nitrogens with zero attached hydrogens (tertiary/aromatic N) is 3. The Kier molecular flexibility index (Phi) is 8.86. The molecule has 5 rings (SSSR count). The second kappa shape index (κ2) is 12.2. The number of benzene rings is 2. The molecule has 0 aliphatic carbocycles. The van der Waals surface area contributed by atoms with Crippen molar-refractivity contribution < 1.29 is 24.2 Å². The molecule has 3 unspecified atom stereocenters. The first-order chi connectivity index (χ1) is 21.4. The van der Waals surface area contributed by atoms with Gasteiger partial charge in [-0.05, 0) is 51.2 Å². The number of fused-ring (bicyclic) bond motifs is 1. The van der Waals surface area contributed by atoms with E-state index >= 15 is 0 Å². The molecule has 8 heteroatoms. The average molecular weight is 614 g/mol. The van der Waals surface area contributed by atoms with Crippen molar-refractivity contribution in [1.29, 1.82) is 0 Å². The van der Waals surface area contributed by atoms with Crippen molar-refractivity contribution in [3.63, 3.8) is 0 Å². The van der Waals surface area contributed by atoms with Crippen LogP contribution in [0, 0.1) is 17.8 Å². The highest BCUT2D eigenvalue weighted by molar-refractivity contribution is 5.99. The van der Waals surface area contributed by atoms with Gasteiger partial charge >= 0.3 is 0 Å². The summed E-state index contributed by atoms with van der Waals surface area (Å²) in [7, 11) is 0. The van der Waals surface area contributed by atoms with Gasteiger partial charge in [0.05, 0.1) is 30.1 Å². The SMILES string of the molecule is C=CCN(Cc1ccccc1)C(=O)[C@@H]1[C@H]2C(=O)N([C@H](CO)c3ccccc3)C(C(=O)N(CC=C)C(C)(C)C)C23CC(C)[C@@]1(C)O3. The second-order valence-corrected chi connectivity index (χ2v) is 14.0. The predicted octanol–water partition coefficient (Wildman–Crippen LogP) is 4.76. The fourth-order valence-electron chi connectivity index (χ4n) is 8.06. The average Bonchev–Trinajstić information content (AvgIpc) is 3.52. The molecule has 2 bridgehead atoms. The van der Waals surface area contributed by atoms with Gasteiger partial charge in [-0.15, -0.1) is 13.2 Å². The minimum atomic E-state index is -1.25. The van der Waals surface area contributed by atoms with Crippen LogP contribution in [-0.4, -0.2) is 80.0 Å². The van der Waals surface area contributed by atoms with Crippen molar-refractivity contribution in [1.82, 2.24) is 14.7 Å². The smallest absolute Gasteiger partial charge is 0.249 e. The van der Waals surface area contributed by atoms with Gasteiger partial charge in [0.25, 0.3) is 0 Å². The summed E-state index contributed by atoms with van der Waals surface area (Å²) in [5.41, 5.74) is -1.13. The Bertz CT molecular complexity index is 1440. The lowest BCUT2D eigenvalue weighted by Gasteiger charge is -2.43. The molecule has 1 spiro atoms. The zero-order chi connectivity index (χ0) is 32.7. The van der Waals surface area contributed by atoms with Gasteiger partial charge in [-0.3, -0.25) is 14.4 Å². The van der Waals surface area contributed by atoms with Gasteiger partial charge in [0.2, 0.25) is 17.7 Å². The van der Waals surface area contributed by atoms with Crippen LogP contribution < -0.4 is 0 Å². The highest BCUT2D eigenvalue weighted by Gasteiger charge is 2.80. The molecule has 3 heterocycles. The summed E-state index contributed by atoms with van der Waals surface area (Å²) in [4.78, 5) is 49.6. The Morgan fingerprint density at radius 2 is 1.64 bits per heavy atom. The number of aliphatic hydroxyl groups is 1. The van der Waals surface area contributed by atoms with Crippen LogP contribution in [0.5, 0.6) is 0 Å². The summed E-state index contributed by atoms with van der Waals surface area (Å²) < 4.78 is 7.01. The summed E-state index contributed by atoms with van der Waals surface area (Å²) in [6.45, 7) is 18.2. The molecule has 0 saturated carbocycles. The van der Waals surface area contributed by atoms with E-state index < -0.39 is 40.7 Å². The fourth-order valence-corrected chi connectivity index (χ4v) is 8.06. The molecule has 45 heavy (non-hydrogen) atoms. The number of amides is 3. The fraction of sp³-hybridized carbons (Fsp3) is 0.486. The van der Waals surface area contributed by atoms with E-state index in [4.69, 9.17) is 4.74 Å². The lowest BCUT2D eigenvalue weighted by Crippen LogP contribution is -2.60. The first-order valence-corrected chi connectivity index (χ1v) is 15.9. The zero-order valence-corrected chi connectivity index (χ0v) is 27.2. The van der Waals surface area contributed by atoms with Crippen molar-refractivity contribution in [3.8, 4) is 0 Å². The minimum absolute atomic E-state index is 0.111. The van der Waals surface area contributed by atoms with Gasteiger partial charge in [-0.2, -0.15) is 0 Å². The summed E-state index contributed by atoms with van der Waals surface area (Å²) >= 11 is 0. The van der Waals surface area contributed by atoms with Crippen LogP contribution >= 0.6 is 0 Å². The molecular formula is C37H47N3O5. The number of aliphatic hydroxyl groups excluding tert-OH is 1. The Hall–Kier alpha value is -3.75. The molecule has 2 aromatic rings. The third kappa shape index (κ3) is 5.32. The first-order valence-electron chi connectivity index (χ1n) is 15.9. The van der Waals surface area contributed by atoms with Gasteiger partial charge in [-0.25, -0.2) is 0 Å². The quantitative estimate of drug-likeness (QED) is 0.369. The monoisotopic (exact) mass is 613 g/mol. The molecule has 3 saturated heterocycles. The van der Waals surface area contributed by atoms with E-state index in [0.717, 1.165) is 5.56 Å². The molecule has 7 atom stereocenters. The van der Waals surface area contributed by atoms with Gasteiger partial charge in [-0.1, -0.05) is 79.7 Å². The van der Waals surface area contributed by atoms with E-state index in [2.05, 4.69) is 13.2 Å². The molecule has 0 radical (unpaired) electrons. The standard InChI is InChI=1S/C37H47N3O5/c1-8-20-38(23-26-16-12-10-13-17-26)32(42)29-30-33(43)40(28(24-41)27-18-14-11-15-19-27)31(34(44)39(21-9-2)35(4,5)6)37(30)22-25(3)36(29,7)45-37/h8-19,25,28-31,41H,1-2,20-24H2,3-7H3/t25?,28-,29+,30+,31?,36-,37?/m1/s1. The van der Waals surface area contributed by atoms with E-state index in [1.165, 1.54) is 4.90 Å². The molecule has 3 aliphatic heterocycles. The largest absolute Gasteiger partial charge is 0.394 e. The minimum Gasteiger partial charge on any atom is -0.394 e. The maximum absolute atomic E-state index is 14.9. The molecule has 3 aliphatic rings. The Balaban J connectivity index is 1.66. The van der Waals surface area contributed by atoms with Crippen molar-refractivity contribution in [2.24, 2.45) is 17.8 Å². The molecule has 1 N–H and O–H groups in total. The Morgan fingerprint density at radius 3 is 2.20 bits per heavy atom. The highest BCUT2D eigenvalue weighted by Crippen LogP contribution is 2.66. The van der Waals surface area contributed by atoms with E-state index in [0.29, 0.717) is 25.1 Å². The number of rotatable bonds is 11. The highest BCUT2D eigenvalue weighted by atomic mass is 16.5. The van der Waals surface area contributed by atoms with Crippen molar-refractivity contribution in [2.75, 3.05) is 19.7 Å². The van der Waals surface area contributed by atoms with Gasteiger partial charge in [0.15, 0.2) is 0 Å². The maximum atomic E-state index is 14.9. The van der Waals surface area contributed by atoms with Crippen LogP contribution in [0.25, 0.3) is 0 Å². The van der Waals surface area contributed by atoms with Crippen molar-refractivity contribution in [3.05, 3.63) is 97.1 Å². The molecule has 3 fully saturated rings. The normalized spacial score (nSPS) is 29.3. The summed E-state index contributed by atoms with van der Waals surface area (Å²) in [5, 5.41) is 10.8. The molecule has 240 valence electrons. The van der Waals surface area contributed by atoms with Crippen LogP contribution in [0.3, 0.4) is 0 Å². The Labute approximate surface area is 267 Å². The zero-order valence-electron chi connectivity index (χ0n) is 27.2. The third-order valence-corrected chi connectivity index (χ3v) is 10.2. The van der Waals surface area contributed by atoms with E-state index in [1.54, 1.807) is 22.0 Å². The summed E-state index contributed by atoms with van der Waals surface area (Å²) in [6.07, 6.45) is 3.81. The van der Waals surface area contributed by atoms with E-state index in [9.17, 15) is 19.5 Å².